The largest absolute Gasteiger partial charge is 0.573 e. The Morgan fingerprint density at radius 2 is 0.765 bits per heavy atom. The molecule has 0 bridgehead atoms. The molecule has 0 aliphatic carbocycles. The second kappa shape index (κ2) is 29.8. The highest BCUT2D eigenvalue weighted by molar-refractivity contribution is 5.89. The minimum Gasteiger partial charge on any atom is -0.465 e. The van der Waals surface area contributed by atoms with Crippen LogP contribution >= 0.6 is 0 Å². The maximum Gasteiger partial charge on any atom is 0.573 e. The molecule has 452 valence electrons. The van der Waals surface area contributed by atoms with Gasteiger partial charge >= 0.3 is 43.6 Å². The van der Waals surface area contributed by atoms with E-state index in [1.165, 1.54) is 86.0 Å². The maximum atomic E-state index is 13.2. The quantitative estimate of drug-likeness (QED) is 0.0431. The molecule has 0 aliphatic rings. The second-order valence-electron chi connectivity index (χ2n) is 17.8. The van der Waals surface area contributed by atoms with Crippen LogP contribution in [0.5, 0.6) is 28.7 Å². The number of benzene rings is 7. The first-order valence-corrected chi connectivity index (χ1v) is 25.3. The van der Waals surface area contributed by atoms with Crippen LogP contribution in [0.4, 0.5) is 62.3 Å². The van der Waals surface area contributed by atoms with Gasteiger partial charge < -0.3 is 43.8 Å². The van der Waals surface area contributed by atoms with E-state index >= 15 is 0 Å². The lowest BCUT2D eigenvalue weighted by atomic mass is 9.70. The topological polar surface area (TPSA) is 140 Å². The van der Waals surface area contributed by atoms with Crippen molar-refractivity contribution in [2.45, 2.75) is 63.0 Å². The van der Waals surface area contributed by atoms with Crippen molar-refractivity contribution in [2.75, 3.05) is 26.8 Å². The fourth-order valence-electron chi connectivity index (χ4n) is 8.68. The number of nitrogens with one attached hydrogen (secondary N) is 2. The monoisotopic (exact) mass is 1200 g/mol. The lowest BCUT2D eigenvalue weighted by Gasteiger charge is -2.36. The fourth-order valence-corrected chi connectivity index (χ4v) is 8.68. The summed E-state index contributed by atoms with van der Waals surface area (Å²) >= 11 is 0. The van der Waals surface area contributed by atoms with Gasteiger partial charge in [0.05, 0.1) is 12.7 Å². The summed E-state index contributed by atoms with van der Waals surface area (Å²) in [6.45, 7) is 6.73. The summed E-state index contributed by atoms with van der Waals surface area (Å²) in [5.41, 5.74) is -0.495. The molecule has 0 saturated heterocycles. The van der Waals surface area contributed by atoms with Crippen molar-refractivity contribution in [1.29, 1.82) is 0 Å². The van der Waals surface area contributed by atoms with Crippen LogP contribution in [-0.2, 0) is 33.1 Å². The number of carbonyl (C=O) groups excluding carboxylic acids is 3. The molecule has 2 N–H and O–H groups in total. The van der Waals surface area contributed by atoms with Gasteiger partial charge in [0.1, 0.15) is 35.4 Å². The van der Waals surface area contributed by atoms with E-state index in [4.69, 9.17) is 9.47 Å². The molecule has 0 fully saturated rings. The minimum atomic E-state index is -5.02. The van der Waals surface area contributed by atoms with Gasteiger partial charge in [-0.2, -0.15) is 0 Å². The molecule has 7 rings (SSSR count). The Morgan fingerprint density at radius 1 is 0.435 bits per heavy atom. The third-order valence-corrected chi connectivity index (χ3v) is 12.1. The molecule has 0 spiro atoms. The highest BCUT2D eigenvalue weighted by atomic mass is 19.4. The Labute approximate surface area is 479 Å². The van der Waals surface area contributed by atoms with Crippen LogP contribution in [0.2, 0.25) is 0 Å². The SMILES string of the molecule is C=CCOC(=O)NCC(Cc1ccccc1)(c1cccc(OC(F)(F)F)c1)c1cccc(OC(F)(F)F)c1.CC.COC(=O)c1ccc(OC(=O)NCC(Cc2ccccc2)(c2cccc(OC(F)(F)F)c2)c2cccc(OC(F)(F)F)c2)cc1. The molecule has 0 unspecified atom stereocenters. The van der Waals surface area contributed by atoms with E-state index in [1.54, 1.807) is 60.7 Å². The summed E-state index contributed by atoms with van der Waals surface area (Å²) in [5, 5.41) is 5.17. The molecule has 0 aliphatic heterocycles. The number of carbonyl (C=O) groups is 3. The van der Waals surface area contributed by atoms with E-state index in [0.29, 0.717) is 11.1 Å². The molecule has 2 amide bonds. The van der Waals surface area contributed by atoms with Crippen molar-refractivity contribution in [2.24, 2.45) is 0 Å². The number of hydrogen-bond donors (Lipinski definition) is 2. The third kappa shape index (κ3) is 21.1. The molecule has 85 heavy (non-hydrogen) atoms. The van der Waals surface area contributed by atoms with Crippen LogP contribution in [0.1, 0.15) is 57.6 Å². The lowest BCUT2D eigenvalue weighted by molar-refractivity contribution is -0.275. The van der Waals surface area contributed by atoms with Crippen molar-refractivity contribution >= 4 is 18.2 Å². The zero-order chi connectivity index (χ0) is 62.5. The molecule has 12 nitrogen and oxygen atoms in total. The van der Waals surface area contributed by atoms with Crippen molar-refractivity contribution in [3.8, 4) is 28.7 Å². The van der Waals surface area contributed by atoms with Gasteiger partial charge in [-0.1, -0.05) is 136 Å². The van der Waals surface area contributed by atoms with Crippen molar-refractivity contribution in [1.82, 2.24) is 10.6 Å². The number of rotatable bonds is 20. The van der Waals surface area contributed by atoms with Crippen LogP contribution < -0.4 is 34.3 Å². The molecule has 0 radical (unpaired) electrons. The number of hydrogen-bond acceptors (Lipinski definition) is 10. The molecule has 24 heteroatoms. The zero-order valence-electron chi connectivity index (χ0n) is 45.3. The number of methoxy groups -OCH3 is 1. The molecule has 0 atom stereocenters. The summed E-state index contributed by atoms with van der Waals surface area (Å²) in [6, 6.07) is 42.8. The first kappa shape index (κ1) is 66.5. The van der Waals surface area contributed by atoms with E-state index in [-0.39, 0.29) is 66.1 Å². The number of amides is 2. The van der Waals surface area contributed by atoms with Gasteiger partial charge in [0, 0.05) is 23.9 Å². The maximum absolute atomic E-state index is 13.2. The summed E-state index contributed by atoms with van der Waals surface area (Å²) in [7, 11) is 1.21. The summed E-state index contributed by atoms with van der Waals surface area (Å²) in [6.07, 6.45) is -20.4. The molecule has 7 aromatic rings. The van der Waals surface area contributed by atoms with Crippen molar-refractivity contribution < 1.29 is 100 Å². The normalized spacial score (nSPS) is 11.7. The van der Waals surface area contributed by atoms with E-state index in [2.05, 4.69) is 40.9 Å². The smallest absolute Gasteiger partial charge is 0.465 e. The van der Waals surface area contributed by atoms with Gasteiger partial charge in [0.15, 0.2) is 0 Å². The number of alkyl carbamates (subject to hydrolysis) is 1. The van der Waals surface area contributed by atoms with E-state index in [9.17, 15) is 67.1 Å². The molecule has 0 heterocycles. The fraction of sp³-hybridized carbons (Fsp3) is 0.230. The zero-order valence-corrected chi connectivity index (χ0v) is 45.3. The van der Waals surface area contributed by atoms with Gasteiger partial charge in [-0.05, 0) is 119 Å². The molecule has 7 aromatic carbocycles. The van der Waals surface area contributed by atoms with Gasteiger partial charge in [0.25, 0.3) is 0 Å². The van der Waals surface area contributed by atoms with Gasteiger partial charge in [-0.3, -0.25) is 0 Å². The van der Waals surface area contributed by atoms with Crippen LogP contribution in [0, 0.1) is 0 Å². The van der Waals surface area contributed by atoms with Crippen LogP contribution in [-0.4, -0.2) is 70.4 Å². The Morgan fingerprint density at radius 3 is 1.07 bits per heavy atom. The Hall–Kier alpha value is -9.35. The second-order valence-corrected chi connectivity index (χ2v) is 17.8. The van der Waals surface area contributed by atoms with E-state index in [0.717, 1.165) is 48.5 Å². The predicted octanol–water partition coefficient (Wildman–Crippen LogP) is 15.5. The highest BCUT2D eigenvalue weighted by Gasteiger charge is 2.41. The first-order valence-electron chi connectivity index (χ1n) is 25.3. The summed E-state index contributed by atoms with van der Waals surface area (Å²) in [4.78, 5) is 37.0. The van der Waals surface area contributed by atoms with Gasteiger partial charge in [0.2, 0.25) is 0 Å². The Bertz CT molecular complexity index is 3150. The van der Waals surface area contributed by atoms with Crippen LogP contribution in [0.3, 0.4) is 0 Å². The lowest BCUT2D eigenvalue weighted by Crippen LogP contribution is -2.44. The Kier molecular flexibility index (Phi) is 23.3. The van der Waals surface area contributed by atoms with Crippen molar-refractivity contribution in [3.63, 3.8) is 0 Å². The summed E-state index contributed by atoms with van der Waals surface area (Å²) in [5.74, 6) is -2.78. The molecule has 0 saturated carbocycles. The molecular formula is C61H54F12N2O10. The number of esters is 1. The first-order chi connectivity index (χ1) is 40.2. The van der Waals surface area contributed by atoms with Gasteiger partial charge in [-0.25, -0.2) is 14.4 Å². The third-order valence-electron chi connectivity index (χ3n) is 12.1. The van der Waals surface area contributed by atoms with Crippen LogP contribution in [0.25, 0.3) is 0 Å². The predicted molar refractivity (Wildman–Crippen MR) is 287 cm³/mol. The summed E-state index contributed by atoms with van der Waals surface area (Å²) < 4.78 is 188. The molecule has 0 aromatic heterocycles. The molecular weight excluding hydrogens is 1150 g/mol. The highest BCUT2D eigenvalue weighted by Crippen LogP contribution is 2.42. The number of alkyl halides is 12. The Balaban J connectivity index is 0.000000306. The number of halogens is 12. The average Bonchev–Trinajstić information content (AvgIpc) is 2.72. The minimum absolute atomic E-state index is 0.00683. The van der Waals surface area contributed by atoms with Crippen LogP contribution in [0.15, 0.2) is 195 Å². The average molecular weight is 1200 g/mol. The van der Waals surface area contributed by atoms with E-state index in [1.807, 2.05) is 13.8 Å². The van der Waals surface area contributed by atoms with Crippen molar-refractivity contribution in [3.05, 3.63) is 234 Å². The standard InChI is InChI=1S/C32H25F6NO6.C27H23F6NO4.C2H6/c1-42-28(40)22-13-15-25(16-14-22)43-29(41)39-20-30(19-21-7-3-2-4-8-21,23-9-5-11-26(17-23)44-31(33,34)35)24-10-6-12-27(18-24)45-32(36,37)38;1-2-14-36-24(35)34-18-25(17-19-8-4-3-5-9-19,20-10-6-12-22(15-20)37-26(28,29)30)21-11-7-13-23(16-21)38-27(31,32)33;1-2/h2-18H,19-20H2,1H3,(H,39,41);2-13,15-16H,1,14,17-18H2,(H,34,35);1-2H3. The van der Waals surface area contributed by atoms with Gasteiger partial charge in [-0.15, -0.1) is 52.7 Å². The van der Waals surface area contributed by atoms with E-state index < -0.39 is 77.4 Å². The number of ether oxygens (including phenoxy) is 7.